The van der Waals surface area contributed by atoms with E-state index in [1.54, 1.807) is 12.1 Å². The van der Waals surface area contributed by atoms with Gasteiger partial charge in [-0.1, -0.05) is 25.4 Å². The lowest BCUT2D eigenvalue weighted by Crippen LogP contribution is -2.09. The molecule has 0 aliphatic carbocycles. The number of benzene rings is 1. The maximum Gasteiger partial charge on any atom is 0.338 e. The minimum atomic E-state index is -0.617. The highest BCUT2D eigenvalue weighted by atomic mass is 35.5. The topological polar surface area (TPSA) is 96.8 Å². The number of halogens is 1. The van der Waals surface area contributed by atoms with Gasteiger partial charge in [0.1, 0.15) is 0 Å². The number of hydrogen-bond donors (Lipinski definition) is 0. The molecule has 9 heteroatoms. The first-order chi connectivity index (χ1) is 13.5. The largest absolute Gasteiger partial charge is 0.493 e. The Morgan fingerprint density at radius 3 is 2.79 bits per heavy atom. The third kappa shape index (κ3) is 4.64. The van der Waals surface area contributed by atoms with Crippen LogP contribution in [0.4, 0.5) is 0 Å². The summed E-state index contributed by atoms with van der Waals surface area (Å²) in [6, 6.07) is 6.35. The molecule has 0 aliphatic heterocycles. The van der Waals surface area contributed by atoms with Crippen molar-refractivity contribution in [2.75, 3.05) is 13.7 Å². The SMILES string of the molecule is COc1cc(C(=O)OCc2nnc(-c3ccco3)o2)cc(Cl)c1OCC(C)C. The Morgan fingerprint density at radius 1 is 1.29 bits per heavy atom. The molecular weight excluding hydrogens is 388 g/mol. The molecular formula is C19H19ClN2O6. The number of carbonyl (C=O) groups excluding carboxylic acids is 1. The first-order valence-electron chi connectivity index (χ1n) is 8.51. The summed E-state index contributed by atoms with van der Waals surface area (Å²) in [7, 11) is 1.47. The smallest absolute Gasteiger partial charge is 0.338 e. The summed E-state index contributed by atoms with van der Waals surface area (Å²) in [6.07, 6.45) is 1.49. The summed E-state index contributed by atoms with van der Waals surface area (Å²) >= 11 is 6.25. The van der Waals surface area contributed by atoms with Crippen molar-refractivity contribution >= 4 is 17.6 Å². The zero-order chi connectivity index (χ0) is 20.1. The van der Waals surface area contributed by atoms with E-state index >= 15 is 0 Å². The normalized spacial score (nSPS) is 10.9. The highest BCUT2D eigenvalue weighted by Crippen LogP contribution is 2.37. The molecule has 2 heterocycles. The third-order valence-corrected chi connectivity index (χ3v) is 3.83. The van der Waals surface area contributed by atoms with Crippen LogP contribution in [0.15, 0.2) is 39.4 Å². The minimum Gasteiger partial charge on any atom is -0.493 e. The van der Waals surface area contributed by atoms with Gasteiger partial charge in [-0.3, -0.25) is 0 Å². The number of hydrogen-bond acceptors (Lipinski definition) is 8. The van der Waals surface area contributed by atoms with Gasteiger partial charge in [0, 0.05) is 0 Å². The number of furan rings is 1. The highest BCUT2D eigenvalue weighted by molar-refractivity contribution is 6.32. The van der Waals surface area contributed by atoms with E-state index < -0.39 is 5.97 Å². The number of nitrogens with zero attached hydrogens (tertiary/aromatic N) is 2. The van der Waals surface area contributed by atoms with E-state index in [2.05, 4.69) is 10.2 Å². The second-order valence-corrected chi connectivity index (χ2v) is 6.66. The van der Waals surface area contributed by atoms with Gasteiger partial charge in [0.2, 0.25) is 0 Å². The molecule has 0 radical (unpaired) electrons. The molecule has 0 aliphatic rings. The fraction of sp³-hybridized carbons (Fsp3) is 0.316. The Labute approximate surface area is 166 Å². The van der Waals surface area contributed by atoms with Gasteiger partial charge >= 0.3 is 5.97 Å². The molecule has 0 N–H and O–H groups in total. The lowest BCUT2D eigenvalue weighted by molar-refractivity contribution is 0.0438. The molecule has 0 amide bonds. The summed E-state index contributed by atoms with van der Waals surface area (Å²) in [5.74, 6) is 1.19. The van der Waals surface area contributed by atoms with Gasteiger partial charge in [0.25, 0.3) is 11.8 Å². The second-order valence-electron chi connectivity index (χ2n) is 6.25. The Hall–Kier alpha value is -3.00. The van der Waals surface area contributed by atoms with Crippen LogP contribution in [0.2, 0.25) is 5.02 Å². The van der Waals surface area contributed by atoms with E-state index in [1.165, 1.54) is 25.5 Å². The fourth-order valence-corrected chi connectivity index (χ4v) is 2.52. The van der Waals surface area contributed by atoms with Crippen LogP contribution < -0.4 is 9.47 Å². The van der Waals surface area contributed by atoms with Crippen LogP contribution in [0.5, 0.6) is 11.5 Å². The highest BCUT2D eigenvalue weighted by Gasteiger charge is 2.19. The van der Waals surface area contributed by atoms with E-state index in [0.717, 1.165) is 0 Å². The van der Waals surface area contributed by atoms with Crippen molar-refractivity contribution in [3.8, 4) is 23.1 Å². The van der Waals surface area contributed by atoms with Crippen LogP contribution in [0.3, 0.4) is 0 Å². The van der Waals surface area contributed by atoms with Crippen LogP contribution in [-0.4, -0.2) is 29.9 Å². The number of methoxy groups -OCH3 is 1. The Morgan fingerprint density at radius 2 is 2.11 bits per heavy atom. The van der Waals surface area contributed by atoms with Gasteiger partial charge in [0.15, 0.2) is 23.9 Å². The second kappa shape index (κ2) is 8.79. The van der Waals surface area contributed by atoms with Crippen LogP contribution >= 0.6 is 11.6 Å². The molecule has 28 heavy (non-hydrogen) atoms. The van der Waals surface area contributed by atoms with E-state index in [-0.39, 0.29) is 29.0 Å². The molecule has 0 saturated carbocycles. The predicted molar refractivity (Wildman–Crippen MR) is 99.5 cm³/mol. The minimum absolute atomic E-state index is 0.134. The molecule has 8 nitrogen and oxygen atoms in total. The molecule has 1 aromatic carbocycles. The van der Waals surface area contributed by atoms with E-state index in [1.807, 2.05) is 13.8 Å². The van der Waals surface area contributed by atoms with Crippen molar-refractivity contribution in [1.29, 1.82) is 0 Å². The van der Waals surface area contributed by atoms with Crippen molar-refractivity contribution in [1.82, 2.24) is 10.2 Å². The van der Waals surface area contributed by atoms with Crippen molar-refractivity contribution in [3.63, 3.8) is 0 Å². The molecule has 2 aromatic heterocycles. The Kier molecular flexibility index (Phi) is 6.20. The number of esters is 1. The van der Waals surface area contributed by atoms with Crippen LogP contribution in [0, 0.1) is 5.92 Å². The lowest BCUT2D eigenvalue weighted by atomic mass is 10.2. The first-order valence-corrected chi connectivity index (χ1v) is 8.89. The number of aromatic nitrogens is 2. The van der Waals surface area contributed by atoms with Crippen molar-refractivity contribution in [3.05, 3.63) is 47.0 Å². The molecule has 0 fully saturated rings. The maximum absolute atomic E-state index is 12.4. The summed E-state index contributed by atoms with van der Waals surface area (Å²) < 4.78 is 26.7. The van der Waals surface area contributed by atoms with Crippen LogP contribution in [-0.2, 0) is 11.3 Å². The maximum atomic E-state index is 12.4. The Balaban J connectivity index is 1.68. The number of carbonyl (C=O) groups is 1. The van der Waals surface area contributed by atoms with Crippen LogP contribution in [0.1, 0.15) is 30.1 Å². The first kappa shape index (κ1) is 19.8. The molecule has 0 atom stereocenters. The zero-order valence-electron chi connectivity index (χ0n) is 15.6. The fourth-order valence-electron chi connectivity index (χ4n) is 2.25. The lowest BCUT2D eigenvalue weighted by Gasteiger charge is -2.15. The molecule has 0 spiro atoms. The molecule has 148 valence electrons. The van der Waals surface area contributed by atoms with Crippen molar-refractivity contribution in [2.45, 2.75) is 20.5 Å². The quantitative estimate of drug-likeness (QED) is 0.508. The predicted octanol–water partition coefficient (Wildman–Crippen LogP) is 4.38. The summed E-state index contributed by atoms with van der Waals surface area (Å²) in [6.45, 7) is 4.30. The van der Waals surface area contributed by atoms with Crippen LogP contribution in [0.25, 0.3) is 11.7 Å². The summed E-state index contributed by atoms with van der Waals surface area (Å²) in [5, 5.41) is 7.91. The monoisotopic (exact) mass is 406 g/mol. The van der Waals surface area contributed by atoms with Gasteiger partial charge in [-0.2, -0.15) is 0 Å². The third-order valence-electron chi connectivity index (χ3n) is 3.55. The van der Waals surface area contributed by atoms with E-state index in [9.17, 15) is 4.79 Å². The summed E-state index contributed by atoms with van der Waals surface area (Å²) in [5.41, 5.74) is 0.213. The van der Waals surface area contributed by atoms with Gasteiger partial charge in [-0.05, 0) is 30.2 Å². The standard InChI is InChI=1S/C19H19ClN2O6/c1-11(2)9-26-17-13(20)7-12(8-15(17)24-3)19(23)27-10-16-21-22-18(28-16)14-5-4-6-25-14/h4-8,11H,9-10H2,1-3H3. The van der Waals surface area contributed by atoms with Gasteiger partial charge in [-0.15, -0.1) is 10.2 Å². The van der Waals surface area contributed by atoms with Gasteiger partial charge < -0.3 is 23.0 Å². The number of ether oxygens (including phenoxy) is 3. The van der Waals surface area contributed by atoms with Gasteiger partial charge in [-0.25, -0.2) is 4.79 Å². The molecule has 0 bridgehead atoms. The van der Waals surface area contributed by atoms with E-state index in [0.29, 0.717) is 29.8 Å². The van der Waals surface area contributed by atoms with E-state index in [4.69, 9.17) is 34.6 Å². The average molecular weight is 407 g/mol. The zero-order valence-corrected chi connectivity index (χ0v) is 16.4. The molecule has 3 aromatic rings. The molecule has 3 rings (SSSR count). The Bertz CT molecular complexity index is 936. The van der Waals surface area contributed by atoms with Crippen molar-refractivity contribution in [2.24, 2.45) is 5.92 Å². The van der Waals surface area contributed by atoms with Crippen molar-refractivity contribution < 1.29 is 27.8 Å². The average Bonchev–Trinajstić information content (AvgIpc) is 3.35. The summed E-state index contributed by atoms with van der Waals surface area (Å²) in [4.78, 5) is 12.4. The molecule has 0 unspecified atom stereocenters. The molecule has 0 saturated heterocycles. The van der Waals surface area contributed by atoms with Gasteiger partial charge in [0.05, 0.1) is 30.6 Å². The number of rotatable bonds is 8.